The second-order valence-electron chi connectivity index (χ2n) is 33.0. The van der Waals surface area contributed by atoms with Crippen molar-refractivity contribution in [2.45, 2.75) is 345 Å². The average Bonchev–Trinajstić information content (AvgIpc) is 1.15. The maximum absolute atomic E-state index is 15.1. The van der Waals surface area contributed by atoms with E-state index in [0.717, 1.165) is 5.56 Å². The summed E-state index contributed by atoms with van der Waals surface area (Å²) < 4.78 is 109. The monoisotopic (exact) mass is 1480 g/mol. The van der Waals surface area contributed by atoms with Crippen molar-refractivity contribution < 1.29 is 129 Å². The Balaban J connectivity index is 1.77. The van der Waals surface area contributed by atoms with Gasteiger partial charge in [-0.3, -0.25) is 4.18 Å². The standard InChI is InChI=1S/C68H116N6O27S/c1-31(2)34-25-35(32(3)4)53(36(26-34)33(5)6)102(87,88)89-30-41-51(94-55-43(74-62(86)101-68(22,23)24)48(79)46(77)40(91-55)29-70-58(82)97-64(10,11)12)49(80)56(92-41)95-52-44(75)37(71-59(83)98-65(13,14)15)27-38(72-60(84)99-66(16,17)18)50(52)93-54-42(73-61(85)100-67(19,20)21)47(78)45(76)39(90-54)28-69-57(81)96-63(7,8)9/h25-26,31-33,37-52,54-56,75-80H,27-30H2,1-24H3,(H,69,81)(H,70,82)(H,71,83)(H,72,84)(H,73,85)(H,74,86)/t37-,38?,39?,40?,41-,42?,43?,44?,45+,46?,47?,48?,49+,50+,51?,52?,54+,55?,56+/m1/s1. The quantitative estimate of drug-likeness (QED) is 0.0550. The third kappa shape index (κ3) is 25.8. The second kappa shape index (κ2) is 34.2. The van der Waals surface area contributed by atoms with Crippen LogP contribution >= 0.6 is 0 Å². The van der Waals surface area contributed by atoms with E-state index in [4.69, 9.17) is 61.0 Å². The Morgan fingerprint density at radius 2 is 0.755 bits per heavy atom. The first-order chi connectivity index (χ1) is 46.4. The molecule has 4 aliphatic rings. The molecular formula is C68H116N6O27S. The predicted octanol–water partition coefficient (Wildman–Crippen LogP) is 5.28. The lowest BCUT2D eigenvalue weighted by Gasteiger charge is -2.49. The van der Waals surface area contributed by atoms with Crippen molar-refractivity contribution in [3.63, 3.8) is 0 Å². The zero-order valence-electron chi connectivity index (χ0n) is 63.3. The highest BCUT2D eigenvalue weighted by Crippen LogP contribution is 2.40. The fourth-order valence-corrected chi connectivity index (χ4v) is 12.9. The molecule has 3 aliphatic heterocycles. The molecule has 0 aromatic heterocycles. The molecule has 586 valence electrons. The Morgan fingerprint density at radius 3 is 1.12 bits per heavy atom. The Morgan fingerprint density at radius 1 is 0.422 bits per heavy atom. The van der Waals surface area contributed by atoms with Crippen molar-refractivity contribution >= 4 is 46.7 Å². The number of nitrogens with one attached hydrogen (secondary N) is 6. The molecule has 34 heteroatoms. The molecule has 0 radical (unpaired) electrons. The lowest BCUT2D eigenvalue weighted by atomic mass is 9.83. The largest absolute Gasteiger partial charge is 0.444 e. The Labute approximate surface area is 598 Å². The third-order valence-electron chi connectivity index (χ3n) is 15.7. The molecule has 1 aromatic rings. The summed E-state index contributed by atoms with van der Waals surface area (Å²) >= 11 is 0. The van der Waals surface area contributed by atoms with Gasteiger partial charge in [0.05, 0.1) is 18.7 Å². The van der Waals surface area contributed by atoms with Gasteiger partial charge in [0.1, 0.15) is 124 Å². The van der Waals surface area contributed by atoms with Gasteiger partial charge in [0.2, 0.25) is 0 Å². The van der Waals surface area contributed by atoms with Gasteiger partial charge in [-0.1, -0.05) is 53.7 Å². The van der Waals surface area contributed by atoms with Crippen LogP contribution in [-0.2, 0) is 71.1 Å². The van der Waals surface area contributed by atoms with Crippen LogP contribution in [0, 0.1) is 0 Å². The highest BCUT2D eigenvalue weighted by Gasteiger charge is 2.58. The van der Waals surface area contributed by atoms with Gasteiger partial charge in [0, 0.05) is 13.1 Å². The lowest BCUT2D eigenvalue weighted by Crippen LogP contribution is -2.70. The van der Waals surface area contributed by atoms with E-state index in [1.54, 1.807) is 137 Å². The van der Waals surface area contributed by atoms with Gasteiger partial charge >= 0.3 is 36.6 Å². The van der Waals surface area contributed by atoms with E-state index in [9.17, 15) is 59.4 Å². The van der Waals surface area contributed by atoms with Crippen LogP contribution in [0.3, 0.4) is 0 Å². The Hall–Kier alpha value is -5.73. The lowest BCUT2D eigenvalue weighted by molar-refractivity contribution is -0.311. The summed E-state index contributed by atoms with van der Waals surface area (Å²) in [5.41, 5.74) is -4.95. The molecule has 1 aliphatic carbocycles. The summed E-state index contributed by atoms with van der Waals surface area (Å²) in [4.78, 5) is 81.4. The van der Waals surface area contributed by atoms with Crippen molar-refractivity contribution in [3.8, 4) is 0 Å². The molecule has 3 heterocycles. The van der Waals surface area contributed by atoms with Gasteiger partial charge in [-0.25, -0.2) is 28.8 Å². The van der Waals surface area contributed by atoms with E-state index in [-0.39, 0.29) is 22.6 Å². The topological polar surface area (TPSA) is 450 Å². The fourth-order valence-electron chi connectivity index (χ4n) is 11.3. The number of carbonyl (C=O) groups excluding carboxylic acids is 6. The van der Waals surface area contributed by atoms with Crippen LogP contribution in [0.5, 0.6) is 0 Å². The first-order valence-electron chi connectivity index (χ1n) is 34.4. The van der Waals surface area contributed by atoms with Crippen LogP contribution in [0.25, 0.3) is 0 Å². The van der Waals surface area contributed by atoms with Crippen molar-refractivity contribution in [1.82, 2.24) is 31.9 Å². The van der Waals surface area contributed by atoms with Crippen LogP contribution < -0.4 is 31.9 Å². The molecule has 12 unspecified atom stereocenters. The normalized spacial score (nSPS) is 29.9. The number of benzene rings is 1. The SMILES string of the molecule is CC(C)c1cc(C(C)C)c(S(=O)(=O)OC[C@H]2O[C@@H](OC3C(O)[C@H](NC(=O)OC(C)(C)C)CC(NC(=O)OC(C)(C)C)[C@@H]3O[C@@H]3OC(CNC(=O)OC(C)(C)C)[C@H](O)C(O)C3NC(=O)OC(C)(C)C)[C@@H](O)C2OC2OC(CNC(=O)OC(C)(C)C)C(O)C(O)C2NC(=O)OC(C)(C)C)c(C(C)C)c1. The molecule has 102 heavy (non-hydrogen) atoms. The molecule has 33 nitrogen and oxygen atoms in total. The Kier molecular flexibility index (Phi) is 29.2. The van der Waals surface area contributed by atoms with E-state index in [0.29, 0.717) is 11.1 Å². The van der Waals surface area contributed by atoms with Crippen LogP contribution in [0.15, 0.2) is 17.0 Å². The summed E-state index contributed by atoms with van der Waals surface area (Å²) in [6.45, 7) is 37.2. The summed E-state index contributed by atoms with van der Waals surface area (Å²) in [6, 6.07) is -3.24. The second-order valence-corrected chi connectivity index (χ2v) is 34.5. The summed E-state index contributed by atoms with van der Waals surface area (Å²) in [5, 5.41) is 88.3. The third-order valence-corrected chi connectivity index (χ3v) is 17.1. The van der Waals surface area contributed by atoms with Gasteiger partial charge in [0.25, 0.3) is 10.1 Å². The minimum Gasteiger partial charge on any atom is -0.444 e. The van der Waals surface area contributed by atoms with Crippen LogP contribution in [0.1, 0.15) is 207 Å². The van der Waals surface area contributed by atoms with E-state index in [1.807, 2.05) is 41.5 Å². The van der Waals surface area contributed by atoms with Crippen LogP contribution in [0.2, 0.25) is 0 Å². The molecule has 3 saturated heterocycles. The molecular weight excluding hydrogens is 1360 g/mol. The molecule has 1 saturated carbocycles. The zero-order valence-corrected chi connectivity index (χ0v) is 64.2. The van der Waals surface area contributed by atoms with Crippen molar-refractivity contribution in [1.29, 1.82) is 0 Å². The predicted molar refractivity (Wildman–Crippen MR) is 364 cm³/mol. The maximum atomic E-state index is 15.1. The van der Waals surface area contributed by atoms with Crippen LogP contribution in [0.4, 0.5) is 28.8 Å². The molecule has 0 bridgehead atoms. The highest BCUT2D eigenvalue weighted by atomic mass is 32.2. The first kappa shape index (κ1) is 86.9. The van der Waals surface area contributed by atoms with E-state index in [1.165, 1.54) is 0 Å². The number of amides is 6. The molecule has 5 rings (SSSR count). The van der Waals surface area contributed by atoms with Gasteiger partial charge in [-0.05, 0) is 165 Å². The number of carbonyl (C=O) groups is 6. The number of ether oxygens (including phenoxy) is 12. The summed E-state index contributed by atoms with van der Waals surface area (Å²) in [6.07, 6.45) is -36.6. The average molecular weight is 1480 g/mol. The van der Waals surface area contributed by atoms with E-state index >= 15 is 8.42 Å². The Bertz CT molecular complexity index is 3080. The number of hydrogen-bond donors (Lipinski definition) is 12. The first-order valence-corrected chi connectivity index (χ1v) is 35.8. The zero-order chi connectivity index (χ0) is 77.7. The molecule has 0 spiro atoms. The van der Waals surface area contributed by atoms with Crippen LogP contribution in [-0.4, -0.2) is 245 Å². The molecule has 12 N–H and O–H groups in total. The molecule has 6 amide bonds. The minimum atomic E-state index is -4.88. The molecule has 19 atom stereocenters. The number of rotatable bonds is 21. The summed E-state index contributed by atoms with van der Waals surface area (Å²) in [5.74, 6) is -0.807. The molecule has 4 fully saturated rings. The van der Waals surface area contributed by atoms with Gasteiger partial charge in [0.15, 0.2) is 18.9 Å². The van der Waals surface area contributed by atoms with Gasteiger partial charge < -0.3 is 119 Å². The van der Waals surface area contributed by atoms with E-state index < -0.39 is 223 Å². The van der Waals surface area contributed by atoms with Crippen molar-refractivity contribution in [2.75, 3.05) is 19.7 Å². The van der Waals surface area contributed by atoms with Crippen molar-refractivity contribution in [3.05, 3.63) is 28.8 Å². The smallest absolute Gasteiger partial charge is 0.408 e. The van der Waals surface area contributed by atoms with Gasteiger partial charge in [-0.2, -0.15) is 8.42 Å². The number of alkyl carbamates (subject to hydrolysis) is 6. The highest BCUT2D eigenvalue weighted by molar-refractivity contribution is 7.86. The van der Waals surface area contributed by atoms with Crippen molar-refractivity contribution in [2.24, 2.45) is 0 Å². The number of aliphatic hydroxyl groups is 6. The number of hydrogen-bond acceptors (Lipinski definition) is 27. The summed E-state index contributed by atoms with van der Waals surface area (Å²) in [7, 11) is -4.88. The van der Waals surface area contributed by atoms with E-state index in [2.05, 4.69) is 31.9 Å². The fraction of sp³-hybridized carbons (Fsp3) is 0.824. The minimum absolute atomic E-state index is 0.0293. The number of aliphatic hydroxyl groups excluding tert-OH is 6. The van der Waals surface area contributed by atoms with Gasteiger partial charge in [-0.15, -0.1) is 0 Å². The maximum Gasteiger partial charge on any atom is 0.408 e. The molecule has 1 aromatic carbocycles.